The van der Waals surface area contributed by atoms with Crippen LogP contribution in [-0.4, -0.2) is 29.9 Å². The van der Waals surface area contributed by atoms with Crippen molar-refractivity contribution in [2.24, 2.45) is 5.73 Å². The Kier molecular flexibility index (Phi) is 4.55. The molecule has 0 aliphatic heterocycles. The van der Waals surface area contributed by atoms with Crippen LogP contribution in [0.5, 0.6) is 0 Å². The Labute approximate surface area is 112 Å². The standard InChI is InChI=1S/C14H20N2OS/c1-16(12-6-4-11(15)5-7-12)14(17)9-8-13-3-2-10-18-13/h2-3,8-12H,4-7,15H2,1H3. The number of hydrogen-bond donors (Lipinski definition) is 1. The van der Waals surface area contributed by atoms with Crippen LogP contribution < -0.4 is 5.73 Å². The molecule has 2 rings (SSSR count). The molecule has 1 aliphatic rings. The van der Waals surface area contributed by atoms with Crippen molar-refractivity contribution < 1.29 is 4.79 Å². The first-order valence-electron chi connectivity index (χ1n) is 6.41. The van der Waals surface area contributed by atoms with Crippen molar-refractivity contribution in [3.05, 3.63) is 28.5 Å². The second-order valence-electron chi connectivity index (χ2n) is 4.87. The van der Waals surface area contributed by atoms with Crippen molar-refractivity contribution in [3.8, 4) is 0 Å². The van der Waals surface area contributed by atoms with Gasteiger partial charge in [-0.25, -0.2) is 0 Å². The molecule has 1 heterocycles. The number of rotatable bonds is 3. The van der Waals surface area contributed by atoms with E-state index in [1.165, 1.54) is 0 Å². The summed E-state index contributed by atoms with van der Waals surface area (Å²) in [6.45, 7) is 0. The summed E-state index contributed by atoms with van der Waals surface area (Å²) >= 11 is 1.64. The van der Waals surface area contributed by atoms with Crippen LogP contribution in [-0.2, 0) is 4.79 Å². The third-order valence-corrected chi connectivity index (χ3v) is 4.41. The van der Waals surface area contributed by atoms with E-state index in [4.69, 9.17) is 5.73 Å². The van der Waals surface area contributed by atoms with Gasteiger partial charge in [0, 0.05) is 30.1 Å². The first kappa shape index (κ1) is 13.3. The van der Waals surface area contributed by atoms with Crippen molar-refractivity contribution >= 4 is 23.3 Å². The van der Waals surface area contributed by atoms with E-state index in [-0.39, 0.29) is 5.91 Å². The van der Waals surface area contributed by atoms with E-state index >= 15 is 0 Å². The predicted octanol–water partition coefficient (Wildman–Crippen LogP) is 2.49. The average molecular weight is 264 g/mol. The Morgan fingerprint density at radius 3 is 2.78 bits per heavy atom. The molecule has 98 valence electrons. The first-order chi connectivity index (χ1) is 8.66. The van der Waals surface area contributed by atoms with Gasteiger partial charge in [-0.2, -0.15) is 0 Å². The molecule has 0 saturated heterocycles. The van der Waals surface area contributed by atoms with Crippen LogP contribution in [0.3, 0.4) is 0 Å². The van der Waals surface area contributed by atoms with E-state index in [1.54, 1.807) is 17.4 Å². The Hall–Kier alpha value is -1.13. The quantitative estimate of drug-likeness (QED) is 0.853. The number of thiophene rings is 1. The molecule has 0 unspecified atom stereocenters. The summed E-state index contributed by atoms with van der Waals surface area (Å²) in [5.74, 6) is 0.0869. The normalized spacial score (nSPS) is 24.3. The predicted molar refractivity (Wildman–Crippen MR) is 76.4 cm³/mol. The molecule has 1 saturated carbocycles. The van der Waals surface area contributed by atoms with Gasteiger partial charge in [-0.3, -0.25) is 4.79 Å². The van der Waals surface area contributed by atoms with Gasteiger partial charge >= 0.3 is 0 Å². The van der Waals surface area contributed by atoms with Gasteiger partial charge in [0.15, 0.2) is 0 Å². The zero-order valence-corrected chi connectivity index (χ0v) is 11.5. The summed E-state index contributed by atoms with van der Waals surface area (Å²) in [7, 11) is 1.89. The number of carbonyl (C=O) groups is 1. The maximum absolute atomic E-state index is 12.0. The Morgan fingerprint density at radius 1 is 1.44 bits per heavy atom. The maximum Gasteiger partial charge on any atom is 0.246 e. The lowest BCUT2D eigenvalue weighted by molar-refractivity contribution is -0.127. The maximum atomic E-state index is 12.0. The van der Waals surface area contributed by atoms with Gasteiger partial charge in [0.05, 0.1) is 0 Å². The highest BCUT2D eigenvalue weighted by Crippen LogP contribution is 2.21. The Bertz CT molecular complexity index is 405. The lowest BCUT2D eigenvalue weighted by Gasteiger charge is -2.32. The van der Waals surface area contributed by atoms with E-state index in [0.717, 1.165) is 30.6 Å². The molecular formula is C14H20N2OS. The molecule has 0 radical (unpaired) electrons. The lowest BCUT2D eigenvalue weighted by atomic mass is 9.91. The molecule has 1 aliphatic carbocycles. The fourth-order valence-corrected chi connectivity index (χ4v) is 2.94. The van der Waals surface area contributed by atoms with Crippen LogP contribution in [0.1, 0.15) is 30.6 Å². The number of nitrogens with two attached hydrogens (primary N) is 1. The molecular weight excluding hydrogens is 244 g/mol. The van der Waals surface area contributed by atoms with Crippen molar-refractivity contribution in [1.82, 2.24) is 4.90 Å². The van der Waals surface area contributed by atoms with E-state index < -0.39 is 0 Å². The van der Waals surface area contributed by atoms with Gasteiger partial charge in [-0.05, 0) is 43.2 Å². The monoisotopic (exact) mass is 264 g/mol. The number of likely N-dealkylation sites (N-methyl/N-ethyl adjacent to an activating group) is 1. The highest BCUT2D eigenvalue weighted by Gasteiger charge is 2.23. The van der Waals surface area contributed by atoms with Gasteiger partial charge in [-0.15, -0.1) is 11.3 Å². The summed E-state index contributed by atoms with van der Waals surface area (Å²) in [5, 5.41) is 2.01. The molecule has 2 N–H and O–H groups in total. The molecule has 0 spiro atoms. The highest BCUT2D eigenvalue weighted by atomic mass is 32.1. The van der Waals surface area contributed by atoms with Gasteiger partial charge in [0.2, 0.25) is 5.91 Å². The second-order valence-corrected chi connectivity index (χ2v) is 5.85. The summed E-state index contributed by atoms with van der Waals surface area (Å²) in [6.07, 6.45) is 7.65. The minimum absolute atomic E-state index is 0.0869. The SMILES string of the molecule is CN(C(=O)C=Cc1cccs1)C1CCC(N)CC1. The molecule has 4 heteroatoms. The van der Waals surface area contributed by atoms with Crippen LogP contribution in [0.25, 0.3) is 6.08 Å². The van der Waals surface area contributed by atoms with Crippen molar-refractivity contribution in [2.45, 2.75) is 37.8 Å². The first-order valence-corrected chi connectivity index (χ1v) is 7.28. The van der Waals surface area contributed by atoms with E-state index in [0.29, 0.717) is 12.1 Å². The van der Waals surface area contributed by atoms with Crippen LogP contribution >= 0.6 is 11.3 Å². The van der Waals surface area contributed by atoms with E-state index in [1.807, 2.05) is 35.5 Å². The fraction of sp³-hybridized carbons (Fsp3) is 0.500. The largest absolute Gasteiger partial charge is 0.339 e. The third kappa shape index (κ3) is 3.43. The zero-order chi connectivity index (χ0) is 13.0. The summed E-state index contributed by atoms with van der Waals surface area (Å²) in [4.78, 5) is 15.0. The van der Waals surface area contributed by atoms with Crippen LogP contribution in [0, 0.1) is 0 Å². The minimum Gasteiger partial charge on any atom is -0.339 e. The third-order valence-electron chi connectivity index (χ3n) is 3.57. The van der Waals surface area contributed by atoms with Crippen molar-refractivity contribution in [2.75, 3.05) is 7.05 Å². The Balaban J connectivity index is 1.88. The number of amides is 1. The molecule has 0 atom stereocenters. The molecule has 1 fully saturated rings. The lowest BCUT2D eigenvalue weighted by Crippen LogP contribution is -2.41. The smallest absolute Gasteiger partial charge is 0.246 e. The van der Waals surface area contributed by atoms with Gasteiger partial charge in [0.25, 0.3) is 0 Å². The van der Waals surface area contributed by atoms with Gasteiger partial charge in [0.1, 0.15) is 0 Å². The summed E-state index contributed by atoms with van der Waals surface area (Å²) in [6, 6.07) is 4.67. The number of nitrogens with zero attached hydrogens (tertiary/aromatic N) is 1. The van der Waals surface area contributed by atoms with Crippen LogP contribution in [0.15, 0.2) is 23.6 Å². The molecule has 3 nitrogen and oxygen atoms in total. The molecule has 1 amide bonds. The zero-order valence-electron chi connectivity index (χ0n) is 10.7. The molecule has 1 aromatic rings. The van der Waals surface area contributed by atoms with Gasteiger partial charge in [-0.1, -0.05) is 6.07 Å². The molecule has 0 aromatic carbocycles. The topological polar surface area (TPSA) is 46.3 Å². The van der Waals surface area contributed by atoms with E-state index in [9.17, 15) is 4.79 Å². The van der Waals surface area contributed by atoms with Gasteiger partial charge < -0.3 is 10.6 Å². The summed E-state index contributed by atoms with van der Waals surface area (Å²) in [5.41, 5.74) is 5.88. The van der Waals surface area contributed by atoms with Crippen LogP contribution in [0.4, 0.5) is 0 Å². The van der Waals surface area contributed by atoms with Crippen molar-refractivity contribution in [1.29, 1.82) is 0 Å². The molecule has 18 heavy (non-hydrogen) atoms. The fourth-order valence-electron chi connectivity index (χ4n) is 2.33. The summed E-state index contributed by atoms with van der Waals surface area (Å²) < 4.78 is 0. The average Bonchev–Trinajstić information content (AvgIpc) is 2.89. The van der Waals surface area contributed by atoms with Crippen molar-refractivity contribution in [3.63, 3.8) is 0 Å². The Morgan fingerprint density at radius 2 is 2.17 bits per heavy atom. The minimum atomic E-state index is 0.0869. The molecule has 1 aromatic heterocycles. The second kappa shape index (κ2) is 6.16. The van der Waals surface area contributed by atoms with Crippen LogP contribution in [0.2, 0.25) is 0 Å². The highest BCUT2D eigenvalue weighted by molar-refractivity contribution is 7.10. The van der Waals surface area contributed by atoms with E-state index in [2.05, 4.69) is 0 Å². The number of hydrogen-bond acceptors (Lipinski definition) is 3. The number of carbonyl (C=O) groups excluding carboxylic acids is 1. The molecule has 0 bridgehead atoms.